The van der Waals surface area contributed by atoms with E-state index in [-0.39, 0.29) is 6.04 Å². The Morgan fingerprint density at radius 3 is 2.88 bits per heavy atom. The van der Waals surface area contributed by atoms with Crippen LogP contribution in [0.4, 0.5) is 0 Å². The number of carboxylic acid groups (broad SMARTS) is 1. The average Bonchev–Trinajstić information content (AvgIpc) is 3.13. The summed E-state index contributed by atoms with van der Waals surface area (Å²) in [5, 5.41) is 10.7. The van der Waals surface area contributed by atoms with E-state index in [0.29, 0.717) is 6.42 Å². The van der Waals surface area contributed by atoms with Crippen molar-refractivity contribution in [2.45, 2.75) is 31.8 Å². The molecule has 0 bridgehead atoms. The maximum absolute atomic E-state index is 11.8. The molecule has 3 aromatic rings. The summed E-state index contributed by atoms with van der Waals surface area (Å²) >= 11 is 0. The van der Waals surface area contributed by atoms with Crippen LogP contribution >= 0.6 is 0 Å². The summed E-state index contributed by atoms with van der Waals surface area (Å²) in [6, 6.07) is 13.3. The van der Waals surface area contributed by atoms with E-state index in [4.69, 9.17) is 0 Å². The number of carboxylic acids is 1. The van der Waals surface area contributed by atoms with Crippen LogP contribution in [0, 0.1) is 6.92 Å². The molecule has 0 saturated carbocycles. The van der Waals surface area contributed by atoms with Gasteiger partial charge in [-0.25, -0.2) is 0 Å². The molecule has 0 amide bonds. The molecule has 132 valence electrons. The first-order valence-corrected chi connectivity index (χ1v) is 8.90. The third-order valence-corrected chi connectivity index (χ3v) is 5.15. The van der Waals surface area contributed by atoms with Gasteiger partial charge < -0.3 is 5.11 Å². The molecule has 26 heavy (non-hydrogen) atoms. The highest BCUT2D eigenvalue weighted by Crippen LogP contribution is 2.35. The van der Waals surface area contributed by atoms with Crippen LogP contribution in [-0.4, -0.2) is 38.5 Å². The number of rotatable bonds is 4. The summed E-state index contributed by atoms with van der Waals surface area (Å²) in [6.07, 6.45) is 5.17. The fourth-order valence-electron chi connectivity index (χ4n) is 3.89. The summed E-state index contributed by atoms with van der Waals surface area (Å²) < 4.78 is 0. The van der Waals surface area contributed by atoms with Gasteiger partial charge in [0.05, 0.1) is 17.3 Å². The molecule has 1 N–H and O–H groups in total. The van der Waals surface area contributed by atoms with Crippen molar-refractivity contribution in [3.05, 3.63) is 71.7 Å². The normalized spacial score (nSPS) is 18.9. The largest absolute Gasteiger partial charge is 0.480 e. The van der Waals surface area contributed by atoms with E-state index in [9.17, 15) is 9.90 Å². The maximum Gasteiger partial charge on any atom is 0.320 e. The first-order chi connectivity index (χ1) is 12.6. The number of fused-ring (bicyclic) bond motifs is 1. The third-order valence-electron chi connectivity index (χ3n) is 5.15. The number of pyridine rings is 2. The van der Waals surface area contributed by atoms with Gasteiger partial charge in [0.25, 0.3) is 0 Å². The van der Waals surface area contributed by atoms with Crippen molar-refractivity contribution in [2.24, 2.45) is 0 Å². The van der Waals surface area contributed by atoms with Crippen LogP contribution in [0.5, 0.6) is 0 Å². The molecule has 2 unspecified atom stereocenters. The van der Waals surface area contributed by atoms with Crippen LogP contribution in [-0.2, 0) is 4.79 Å². The Kier molecular flexibility index (Phi) is 4.39. The van der Waals surface area contributed by atoms with Crippen LogP contribution in [0.1, 0.15) is 35.7 Å². The number of nitrogens with zero attached hydrogens (tertiary/aromatic N) is 3. The monoisotopic (exact) mass is 347 g/mol. The highest BCUT2D eigenvalue weighted by atomic mass is 16.4. The van der Waals surface area contributed by atoms with Gasteiger partial charge >= 0.3 is 5.97 Å². The van der Waals surface area contributed by atoms with Gasteiger partial charge in [0, 0.05) is 24.3 Å². The van der Waals surface area contributed by atoms with Crippen molar-refractivity contribution >= 4 is 16.9 Å². The lowest BCUT2D eigenvalue weighted by Gasteiger charge is -2.32. The molecule has 1 aromatic carbocycles. The predicted octanol–water partition coefficient (Wildman–Crippen LogP) is 3.58. The molecule has 1 fully saturated rings. The Morgan fingerprint density at radius 1 is 1.23 bits per heavy atom. The van der Waals surface area contributed by atoms with Crippen LogP contribution in [0.3, 0.4) is 0 Å². The highest BCUT2D eigenvalue weighted by molar-refractivity contribution is 5.79. The van der Waals surface area contributed by atoms with Crippen molar-refractivity contribution < 1.29 is 9.90 Å². The molecule has 1 saturated heterocycles. The fourth-order valence-corrected chi connectivity index (χ4v) is 3.89. The molecule has 2 atom stereocenters. The highest BCUT2D eigenvalue weighted by Gasteiger charge is 2.38. The summed E-state index contributed by atoms with van der Waals surface area (Å²) in [7, 11) is 0. The summed E-state index contributed by atoms with van der Waals surface area (Å²) in [6.45, 7) is 2.76. The van der Waals surface area contributed by atoms with E-state index in [1.165, 1.54) is 0 Å². The second kappa shape index (κ2) is 6.84. The topological polar surface area (TPSA) is 66.3 Å². The fraction of sp³-hybridized carbons (Fsp3) is 0.286. The Labute approximate surface area is 152 Å². The Bertz CT molecular complexity index is 957. The zero-order valence-electron chi connectivity index (χ0n) is 14.7. The van der Waals surface area contributed by atoms with E-state index in [1.807, 2.05) is 49.5 Å². The average molecular weight is 347 g/mol. The zero-order valence-corrected chi connectivity index (χ0v) is 14.7. The number of carbonyl (C=O) groups is 1. The Morgan fingerprint density at radius 2 is 2.08 bits per heavy atom. The second-order valence-electron chi connectivity index (χ2n) is 6.80. The maximum atomic E-state index is 11.8. The first kappa shape index (κ1) is 16.7. The van der Waals surface area contributed by atoms with Gasteiger partial charge in [0.15, 0.2) is 0 Å². The van der Waals surface area contributed by atoms with Crippen molar-refractivity contribution in [2.75, 3.05) is 6.54 Å². The molecule has 1 aliphatic rings. The van der Waals surface area contributed by atoms with Gasteiger partial charge in [-0.2, -0.15) is 0 Å². The van der Waals surface area contributed by atoms with Crippen molar-refractivity contribution in [3.8, 4) is 0 Å². The van der Waals surface area contributed by atoms with Gasteiger partial charge in [-0.3, -0.25) is 19.7 Å². The molecular formula is C21H21N3O2. The lowest BCUT2D eigenvalue weighted by atomic mass is 9.97. The quantitative estimate of drug-likeness (QED) is 0.781. The van der Waals surface area contributed by atoms with Gasteiger partial charge in [-0.15, -0.1) is 0 Å². The van der Waals surface area contributed by atoms with E-state index < -0.39 is 12.0 Å². The van der Waals surface area contributed by atoms with Gasteiger partial charge in [0.2, 0.25) is 0 Å². The molecule has 2 aromatic heterocycles. The molecule has 0 radical (unpaired) electrons. The van der Waals surface area contributed by atoms with Gasteiger partial charge in [-0.1, -0.05) is 24.3 Å². The number of aliphatic carboxylic acids is 1. The zero-order chi connectivity index (χ0) is 18.1. The lowest BCUT2D eigenvalue weighted by molar-refractivity contribution is -0.142. The van der Waals surface area contributed by atoms with Crippen LogP contribution in [0.2, 0.25) is 0 Å². The summed E-state index contributed by atoms with van der Waals surface area (Å²) in [4.78, 5) is 23.1. The number of aromatic nitrogens is 2. The smallest absolute Gasteiger partial charge is 0.320 e. The number of para-hydroxylation sites is 1. The molecule has 0 aliphatic carbocycles. The lowest BCUT2D eigenvalue weighted by Crippen LogP contribution is -2.39. The minimum absolute atomic E-state index is 0.211. The number of benzene rings is 1. The minimum Gasteiger partial charge on any atom is -0.480 e. The molecule has 4 rings (SSSR count). The Hall–Kier alpha value is -2.79. The summed E-state index contributed by atoms with van der Waals surface area (Å²) in [5.74, 6) is -0.769. The summed E-state index contributed by atoms with van der Waals surface area (Å²) in [5.41, 5.74) is 3.88. The second-order valence-corrected chi connectivity index (χ2v) is 6.80. The SMILES string of the molecule is Cc1cccnc1C(c1cnc2ccccc2c1)N1CCCC1C(=O)O. The van der Waals surface area contributed by atoms with Crippen molar-refractivity contribution in [3.63, 3.8) is 0 Å². The van der Waals surface area contributed by atoms with E-state index in [2.05, 4.69) is 20.9 Å². The number of aryl methyl sites for hydroxylation is 1. The number of hydrogen-bond donors (Lipinski definition) is 1. The first-order valence-electron chi connectivity index (χ1n) is 8.90. The minimum atomic E-state index is -0.769. The number of hydrogen-bond acceptors (Lipinski definition) is 4. The van der Waals surface area contributed by atoms with Gasteiger partial charge in [0.1, 0.15) is 6.04 Å². The van der Waals surface area contributed by atoms with Crippen LogP contribution < -0.4 is 0 Å². The van der Waals surface area contributed by atoms with E-state index >= 15 is 0 Å². The van der Waals surface area contributed by atoms with Gasteiger partial charge in [-0.05, 0) is 49.1 Å². The molecule has 3 heterocycles. The standard InChI is InChI=1S/C21H21N3O2/c1-14-6-4-10-22-19(14)20(24-11-5-9-18(24)21(25)26)16-12-15-7-2-3-8-17(15)23-13-16/h2-4,6-8,10,12-13,18,20H,5,9,11H2,1H3,(H,25,26). The van der Waals surface area contributed by atoms with E-state index in [1.54, 1.807) is 6.20 Å². The van der Waals surface area contributed by atoms with Crippen molar-refractivity contribution in [1.29, 1.82) is 0 Å². The number of likely N-dealkylation sites (tertiary alicyclic amines) is 1. The molecule has 5 nitrogen and oxygen atoms in total. The molecular weight excluding hydrogens is 326 g/mol. The third kappa shape index (κ3) is 2.95. The van der Waals surface area contributed by atoms with Crippen LogP contribution in [0.25, 0.3) is 10.9 Å². The Balaban J connectivity index is 1.87. The van der Waals surface area contributed by atoms with E-state index in [0.717, 1.165) is 40.7 Å². The predicted molar refractivity (Wildman–Crippen MR) is 99.9 cm³/mol. The molecule has 1 aliphatic heterocycles. The van der Waals surface area contributed by atoms with Crippen LogP contribution in [0.15, 0.2) is 54.9 Å². The van der Waals surface area contributed by atoms with Crippen molar-refractivity contribution in [1.82, 2.24) is 14.9 Å². The molecule has 5 heteroatoms. The molecule has 0 spiro atoms.